The standard InChI is InChI=1S/C12H18N4O/c1-4-5-11(17)15-6-7-16-10(8-15)13-14-12(16)9(2)3/h4-5,9H,6-8H2,1-3H3/b5-4+. The van der Waals surface area contributed by atoms with Gasteiger partial charge in [-0.15, -0.1) is 10.2 Å². The first-order valence-electron chi connectivity index (χ1n) is 5.97. The van der Waals surface area contributed by atoms with E-state index in [1.165, 1.54) is 0 Å². The minimum Gasteiger partial charge on any atom is -0.330 e. The predicted octanol–water partition coefficient (Wildman–Crippen LogP) is 1.32. The van der Waals surface area contributed by atoms with Crippen LogP contribution in [0.2, 0.25) is 0 Å². The molecule has 0 fully saturated rings. The first kappa shape index (κ1) is 11.8. The minimum atomic E-state index is 0.0489. The molecule has 1 amide bonds. The molecule has 0 spiro atoms. The highest BCUT2D eigenvalue weighted by molar-refractivity contribution is 5.87. The molecule has 2 heterocycles. The largest absolute Gasteiger partial charge is 0.330 e. The molecule has 0 radical (unpaired) electrons. The summed E-state index contributed by atoms with van der Waals surface area (Å²) in [4.78, 5) is 13.5. The van der Waals surface area contributed by atoms with Crippen LogP contribution in [0.1, 0.15) is 38.3 Å². The minimum absolute atomic E-state index is 0.0489. The second-order valence-corrected chi connectivity index (χ2v) is 4.54. The summed E-state index contributed by atoms with van der Waals surface area (Å²) >= 11 is 0. The van der Waals surface area contributed by atoms with Gasteiger partial charge in [0.2, 0.25) is 5.91 Å². The molecule has 1 aromatic heterocycles. The van der Waals surface area contributed by atoms with Crippen LogP contribution in [0.25, 0.3) is 0 Å². The highest BCUT2D eigenvalue weighted by Crippen LogP contribution is 2.18. The van der Waals surface area contributed by atoms with E-state index in [0.717, 1.165) is 24.7 Å². The number of hydrogen-bond donors (Lipinski definition) is 0. The fourth-order valence-corrected chi connectivity index (χ4v) is 2.04. The Kier molecular flexibility index (Phi) is 3.26. The molecule has 1 aliphatic rings. The summed E-state index contributed by atoms with van der Waals surface area (Å²) in [6.07, 6.45) is 3.36. The molecule has 0 saturated heterocycles. The lowest BCUT2D eigenvalue weighted by Gasteiger charge is -2.27. The second kappa shape index (κ2) is 4.69. The van der Waals surface area contributed by atoms with Crippen LogP contribution in [0, 0.1) is 0 Å². The van der Waals surface area contributed by atoms with E-state index in [2.05, 4.69) is 28.6 Å². The van der Waals surface area contributed by atoms with E-state index in [9.17, 15) is 4.79 Å². The molecule has 17 heavy (non-hydrogen) atoms. The lowest BCUT2D eigenvalue weighted by atomic mass is 10.2. The van der Waals surface area contributed by atoms with E-state index in [0.29, 0.717) is 12.5 Å². The average Bonchev–Trinajstić information content (AvgIpc) is 2.71. The molecule has 1 aliphatic heterocycles. The maximum atomic E-state index is 11.7. The van der Waals surface area contributed by atoms with Crippen LogP contribution in [0.5, 0.6) is 0 Å². The molecule has 0 aromatic carbocycles. The van der Waals surface area contributed by atoms with Gasteiger partial charge in [-0.1, -0.05) is 19.9 Å². The van der Waals surface area contributed by atoms with Gasteiger partial charge in [-0.05, 0) is 13.0 Å². The van der Waals surface area contributed by atoms with E-state index >= 15 is 0 Å². The van der Waals surface area contributed by atoms with E-state index < -0.39 is 0 Å². The highest BCUT2D eigenvalue weighted by Gasteiger charge is 2.23. The maximum absolute atomic E-state index is 11.7. The van der Waals surface area contributed by atoms with Crippen molar-refractivity contribution in [2.24, 2.45) is 0 Å². The van der Waals surface area contributed by atoms with E-state index in [4.69, 9.17) is 0 Å². The summed E-state index contributed by atoms with van der Waals surface area (Å²) in [5.41, 5.74) is 0. The number of amides is 1. The molecule has 5 heteroatoms. The molecule has 0 N–H and O–H groups in total. The van der Waals surface area contributed by atoms with Gasteiger partial charge in [-0.25, -0.2) is 0 Å². The van der Waals surface area contributed by atoms with E-state index in [1.54, 1.807) is 17.1 Å². The van der Waals surface area contributed by atoms with Gasteiger partial charge in [0, 0.05) is 19.0 Å². The Morgan fingerprint density at radius 3 is 2.76 bits per heavy atom. The summed E-state index contributed by atoms with van der Waals surface area (Å²) in [5.74, 6) is 2.32. The monoisotopic (exact) mass is 234 g/mol. The normalized spacial score (nSPS) is 15.6. The van der Waals surface area contributed by atoms with Gasteiger partial charge in [0.1, 0.15) is 5.82 Å². The zero-order chi connectivity index (χ0) is 12.4. The van der Waals surface area contributed by atoms with Gasteiger partial charge in [0.05, 0.1) is 6.54 Å². The van der Waals surface area contributed by atoms with Crippen LogP contribution in [-0.2, 0) is 17.9 Å². The average molecular weight is 234 g/mol. The maximum Gasteiger partial charge on any atom is 0.246 e. The summed E-state index contributed by atoms with van der Waals surface area (Å²) in [6.45, 7) is 8.14. The summed E-state index contributed by atoms with van der Waals surface area (Å²) in [7, 11) is 0. The molecule has 1 aromatic rings. The van der Waals surface area contributed by atoms with Crippen molar-refractivity contribution in [3.63, 3.8) is 0 Å². The molecule has 0 saturated carbocycles. The van der Waals surface area contributed by atoms with Gasteiger partial charge < -0.3 is 9.47 Å². The third-order valence-electron chi connectivity index (χ3n) is 2.92. The smallest absolute Gasteiger partial charge is 0.246 e. The lowest BCUT2D eigenvalue weighted by Crippen LogP contribution is -2.38. The number of nitrogens with zero attached hydrogens (tertiary/aromatic N) is 4. The van der Waals surface area contributed by atoms with E-state index in [1.807, 2.05) is 6.92 Å². The van der Waals surface area contributed by atoms with Crippen molar-refractivity contribution >= 4 is 5.91 Å². The Morgan fingerprint density at radius 2 is 2.12 bits per heavy atom. The molecule has 2 rings (SSSR count). The first-order chi connectivity index (χ1) is 8.13. The van der Waals surface area contributed by atoms with Crippen molar-refractivity contribution in [2.45, 2.75) is 39.8 Å². The summed E-state index contributed by atoms with van der Waals surface area (Å²) in [6, 6.07) is 0. The number of fused-ring (bicyclic) bond motifs is 1. The molecule has 0 bridgehead atoms. The van der Waals surface area contributed by atoms with E-state index in [-0.39, 0.29) is 5.91 Å². The van der Waals surface area contributed by atoms with Crippen LogP contribution in [-0.4, -0.2) is 32.1 Å². The Hall–Kier alpha value is -1.65. The van der Waals surface area contributed by atoms with Gasteiger partial charge in [-0.3, -0.25) is 4.79 Å². The topological polar surface area (TPSA) is 51.0 Å². The van der Waals surface area contributed by atoms with Gasteiger partial charge >= 0.3 is 0 Å². The zero-order valence-corrected chi connectivity index (χ0v) is 10.6. The number of hydrogen-bond acceptors (Lipinski definition) is 3. The third-order valence-corrected chi connectivity index (χ3v) is 2.92. The van der Waals surface area contributed by atoms with Crippen LogP contribution in [0.4, 0.5) is 0 Å². The SMILES string of the molecule is C/C=C/C(=O)N1CCn2c(nnc2C(C)C)C1. The summed E-state index contributed by atoms with van der Waals surface area (Å²) < 4.78 is 2.13. The Labute approximate surface area is 101 Å². The van der Waals surface area contributed by atoms with Crippen molar-refractivity contribution in [2.75, 3.05) is 6.54 Å². The van der Waals surface area contributed by atoms with Gasteiger partial charge in [0.15, 0.2) is 5.82 Å². The fraction of sp³-hybridized carbons (Fsp3) is 0.583. The number of carbonyl (C=O) groups excluding carboxylic acids is 1. The Morgan fingerprint density at radius 1 is 1.35 bits per heavy atom. The quantitative estimate of drug-likeness (QED) is 0.725. The third kappa shape index (κ3) is 2.23. The van der Waals surface area contributed by atoms with Crippen LogP contribution in [0.15, 0.2) is 12.2 Å². The Balaban J connectivity index is 2.18. The predicted molar refractivity (Wildman–Crippen MR) is 64.3 cm³/mol. The highest BCUT2D eigenvalue weighted by atomic mass is 16.2. The number of aromatic nitrogens is 3. The number of allylic oxidation sites excluding steroid dienone is 1. The Bertz CT molecular complexity index is 447. The van der Waals surface area contributed by atoms with Crippen LogP contribution >= 0.6 is 0 Å². The fourth-order valence-electron chi connectivity index (χ4n) is 2.04. The number of rotatable bonds is 2. The van der Waals surface area contributed by atoms with Crippen molar-refractivity contribution < 1.29 is 4.79 Å². The van der Waals surface area contributed by atoms with Crippen molar-refractivity contribution in [3.8, 4) is 0 Å². The second-order valence-electron chi connectivity index (χ2n) is 4.54. The van der Waals surface area contributed by atoms with Crippen LogP contribution < -0.4 is 0 Å². The first-order valence-corrected chi connectivity index (χ1v) is 5.97. The lowest BCUT2D eigenvalue weighted by molar-refractivity contribution is -0.127. The van der Waals surface area contributed by atoms with Crippen molar-refractivity contribution in [3.05, 3.63) is 23.8 Å². The van der Waals surface area contributed by atoms with Crippen molar-refractivity contribution in [1.82, 2.24) is 19.7 Å². The molecular formula is C12H18N4O. The molecule has 5 nitrogen and oxygen atoms in total. The van der Waals surface area contributed by atoms with Crippen molar-refractivity contribution in [1.29, 1.82) is 0 Å². The molecule has 0 aliphatic carbocycles. The molecule has 92 valence electrons. The number of carbonyl (C=O) groups is 1. The molecule has 0 atom stereocenters. The molecule has 0 unspecified atom stereocenters. The van der Waals surface area contributed by atoms with Gasteiger partial charge in [-0.2, -0.15) is 0 Å². The van der Waals surface area contributed by atoms with Gasteiger partial charge in [0.25, 0.3) is 0 Å². The van der Waals surface area contributed by atoms with Crippen LogP contribution in [0.3, 0.4) is 0 Å². The molecular weight excluding hydrogens is 216 g/mol. The zero-order valence-electron chi connectivity index (χ0n) is 10.6. The summed E-state index contributed by atoms with van der Waals surface area (Å²) in [5, 5.41) is 8.36.